The van der Waals surface area contributed by atoms with Crippen LogP contribution in [-0.4, -0.2) is 52.1 Å². The number of carbonyl (C=O) groups excluding carboxylic acids is 1. The molecule has 0 bridgehead atoms. The van der Waals surface area contributed by atoms with E-state index in [1.54, 1.807) is 22.4 Å². The van der Waals surface area contributed by atoms with E-state index in [4.69, 9.17) is 4.74 Å². The maximum absolute atomic E-state index is 12.3. The fourth-order valence-electron chi connectivity index (χ4n) is 2.75. The monoisotopic (exact) mass is 400 g/mol. The van der Waals surface area contributed by atoms with Crippen molar-refractivity contribution in [2.24, 2.45) is 0 Å². The standard InChI is InChI=1S/C17H19F3N4O2S/c18-17(19,20)5-8-24-6-3-14(4-7-24)26-15-2-1-13(10-21-15)23-16(25)12-9-22-27-11-12/h1-2,9-11,14H,3-8H2,(H,23,25). The average Bonchev–Trinajstić information content (AvgIpc) is 3.17. The molecule has 1 aliphatic rings. The first-order valence-electron chi connectivity index (χ1n) is 8.51. The third kappa shape index (κ3) is 6.17. The van der Waals surface area contributed by atoms with E-state index in [0.29, 0.717) is 43.1 Å². The number of rotatable bonds is 6. The van der Waals surface area contributed by atoms with Crippen molar-refractivity contribution in [1.29, 1.82) is 0 Å². The lowest BCUT2D eigenvalue weighted by Gasteiger charge is -2.32. The summed E-state index contributed by atoms with van der Waals surface area (Å²) in [7, 11) is 0. The van der Waals surface area contributed by atoms with Crippen molar-refractivity contribution >= 4 is 23.1 Å². The molecule has 0 spiro atoms. The number of amides is 1. The van der Waals surface area contributed by atoms with Crippen LogP contribution < -0.4 is 10.1 Å². The molecule has 1 aliphatic heterocycles. The zero-order valence-electron chi connectivity index (χ0n) is 14.4. The number of ether oxygens (including phenoxy) is 1. The Morgan fingerprint density at radius 2 is 2.07 bits per heavy atom. The van der Waals surface area contributed by atoms with Crippen LogP contribution in [-0.2, 0) is 0 Å². The van der Waals surface area contributed by atoms with Gasteiger partial charge in [0.15, 0.2) is 0 Å². The van der Waals surface area contributed by atoms with E-state index in [-0.39, 0.29) is 18.6 Å². The van der Waals surface area contributed by atoms with Gasteiger partial charge in [-0.2, -0.15) is 13.2 Å². The van der Waals surface area contributed by atoms with Crippen LogP contribution in [0.15, 0.2) is 29.9 Å². The smallest absolute Gasteiger partial charge is 0.390 e. The Morgan fingerprint density at radius 1 is 1.30 bits per heavy atom. The molecule has 3 heterocycles. The first-order chi connectivity index (χ1) is 12.9. The van der Waals surface area contributed by atoms with Crippen LogP contribution >= 0.6 is 11.5 Å². The highest BCUT2D eigenvalue weighted by atomic mass is 32.1. The van der Waals surface area contributed by atoms with Crippen molar-refractivity contribution in [3.8, 4) is 5.88 Å². The molecule has 2 aromatic rings. The fraction of sp³-hybridized carbons (Fsp3) is 0.471. The number of halogens is 3. The summed E-state index contributed by atoms with van der Waals surface area (Å²) in [5.41, 5.74) is 1.03. The number of carbonyl (C=O) groups is 1. The first kappa shape index (κ1) is 19.6. The fourth-order valence-corrected chi connectivity index (χ4v) is 3.27. The molecule has 10 heteroatoms. The Balaban J connectivity index is 1.43. The van der Waals surface area contributed by atoms with Gasteiger partial charge in [0.25, 0.3) is 5.91 Å². The minimum absolute atomic E-state index is 0.0303. The molecule has 0 aliphatic carbocycles. The van der Waals surface area contributed by atoms with E-state index >= 15 is 0 Å². The van der Waals surface area contributed by atoms with Gasteiger partial charge in [-0.1, -0.05) is 0 Å². The van der Waals surface area contributed by atoms with Crippen molar-refractivity contribution in [3.63, 3.8) is 0 Å². The van der Waals surface area contributed by atoms with Crippen molar-refractivity contribution in [1.82, 2.24) is 14.3 Å². The maximum atomic E-state index is 12.3. The van der Waals surface area contributed by atoms with Crippen LogP contribution in [0.5, 0.6) is 5.88 Å². The number of nitrogens with one attached hydrogen (secondary N) is 1. The molecule has 3 rings (SSSR count). The predicted molar refractivity (Wildman–Crippen MR) is 95.1 cm³/mol. The lowest BCUT2D eigenvalue weighted by molar-refractivity contribution is -0.138. The van der Waals surface area contributed by atoms with Crippen LogP contribution in [0.4, 0.5) is 18.9 Å². The second-order valence-corrected chi connectivity index (χ2v) is 6.93. The zero-order chi connectivity index (χ0) is 19.3. The Morgan fingerprint density at radius 3 is 2.67 bits per heavy atom. The summed E-state index contributed by atoms with van der Waals surface area (Å²) in [6.45, 7) is 1.18. The van der Waals surface area contributed by atoms with Crippen LogP contribution in [0.3, 0.4) is 0 Å². The summed E-state index contributed by atoms with van der Waals surface area (Å²) in [5, 5.41) is 4.37. The van der Waals surface area contributed by atoms with Gasteiger partial charge in [-0.15, -0.1) is 0 Å². The largest absolute Gasteiger partial charge is 0.474 e. The Hall–Kier alpha value is -2.20. The maximum Gasteiger partial charge on any atom is 0.390 e. The van der Waals surface area contributed by atoms with E-state index in [0.717, 1.165) is 0 Å². The zero-order valence-corrected chi connectivity index (χ0v) is 15.2. The SMILES string of the molecule is O=C(Nc1ccc(OC2CCN(CCC(F)(F)F)CC2)nc1)c1cnsc1. The molecule has 0 atom stereocenters. The van der Waals surface area contributed by atoms with Gasteiger partial charge in [0, 0.05) is 31.1 Å². The summed E-state index contributed by atoms with van der Waals surface area (Å²) in [6.07, 6.45) is -0.663. The number of likely N-dealkylation sites (tertiary alicyclic amines) is 1. The van der Waals surface area contributed by atoms with Crippen molar-refractivity contribution < 1.29 is 22.7 Å². The van der Waals surface area contributed by atoms with Gasteiger partial charge in [0.2, 0.25) is 5.88 Å². The lowest BCUT2D eigenvalue weighted by Crippen LogP contribution is -2.39. The molecule has 1 fully saturated rings. The summed E-state index contributed by atoms with van der Waals surface area (Å²) < 4.78 is 46.5. The van der Waals surface area contributed by atoms with Gasteiger partial charge in [0.1, 0.15) is 6.10 Å². The van der Waals surface area contributed by atoms with Crippen LogP contribution in [0.2, 0.25) is 0 Å². The Labute approximate surface area is 158 Å². The molecular weight excluding hydrogens is 381 g/mol. The van der Waals surface area contributed by atoms with Gasteiger partial charge in [0.05, 0.1) is 30.1 Å². The van der Waals surface area contributed by atoms with E-state index in [1.807, 2.05) is 0 Å². The Bertz CT molecular complexity index is 730. The Kier molecular flexibility index (Phi) is 6.27. The van der Waals surface area contributed by atoms with Gasteiger partial charge in [-0.25, -0.2) is 9.36 Å². The average molecular weight is 400 g/mol. The summed E-state index contributed by atoms with van der Waals surface area (Å²) in [5.74, 6) is 0.171. The minimum Gasteiger partial charge on any atom is -0.474 e. The number of alkyl halides is 3. The number of nitrogens with zero attached hydrogens (tertiary/aromatic N) is 3. The molecule has 0 aromatic carbocycles. The van der Waals surface area contributed by atoms with Crippen LogP contribution in [0, 0.1) is 0 Å². The molecule has 0 saturated carbocycles. The van der Waals surface area contributed by atoms with Crippen LogP contribution in [0.25, 0.3) is 0 Å². The number of piperidine rings is 1. The highest BCUT2D eigenvalue weighted by molar-refractivity contribution is 7.03. The number of pyridine rings is 1. The van der Waals surface area contributed by atoms with Gasteiger partial charge in [-0.3, -0.25) is 4.79 Å². The molecule has 27 heavy (non-hydrogen) atoms. The third-order valence-corrected chi connectivity index (χ3v) is 4.81. The number of anilines is 1. The van der Waals surface area contributed by atoms with Gasteiger partial charge < -0.3 is 15.0 Å². The summed E-state index contributed by atoms with van der Waals surface area (Å²) >= 11 is 1.20. The molecule has 1 N–H and O–H groups in total. The molecule has 1 amide bonds. The third-order valence-electron chi connectivity index (χ3n) is 4.22. The van der Waals surface area contributed by atoms with Gasteiger partial charge >= 0.3 is 6.18 Å². The second-order valence-electron chi connectivity index (χ2n) is 6.28. The minimum atomic E-state index is -4.12. The van der Waals surface area contributed by atoms with Crippen molar-refractivity contribution in [2.45, 2.75) is 31.5 Å². The topological polar surface area (TPSA) is 67.3 Å². The quantitative estimate of drug-likeness (QED) is 0.803. The molecule has 1 saturated heterocycles. The first-order valence-corrected chi connectivity index (χ1v) is 9.35. The number of hydrogen-bond acceptors (Lipinski definition) is 6. The summed E-state index contributed by atoms with van der Waals surface area (Å²) in [4.78, 5) is 17.9. The van der Waals surface area contributed by atoms with E-state index in [2.05, 4.69) is 14.7 Å². The van der Waals surface area contributed by atoms with E-state index < -0.39 is 12.6 Å². The lowest BCUT2D eigenvalue weighted by atomic mass is 10.1. The van der Waals surface area contributed by atoms with Crippen LogP contribution in [0.1, 0.15) is 29.6 Å². The highest BCUT2D eigenvalue weighted by Gasteiger charge is 2.29. The predicted octanol–water partition coefficient (Wildman–Crippen LogP) is 3.59. The number of hydrogen-bond donors (Lipinski definition) is 1. The number of aromatic nitrogens is 2. The molecule has 2 aromatic heterocycles. The van der Waals surface area contributed by atoms with E-state index in [1.165, 1.54) is 23.9 Å². The molecule has 146 valence electrons. The normalized spacial score (nSPS) is 16.3. The molecule has 6 nitrogen and oxygen atoms in total. The van der Waals surface area contributed by atoms with Crippen molar-refractivity contribution in [2.75, 3.05) is 25.0 Å². The van der Waals surface area contributed by atoms with Crippen molar-refractivity contribution in [3.05, 3.63) is 35.5 Å². The molecule has 0 unspecified atom stereocenters. The molecular formula is C17H19F3N4O2S. The van der Waals surface area contributed by atoms with E-state index in [9.17, 15) is 18.0 Å². The highest BCUT2D eigenvalue weighted by Crippen LogP contribution is 2.23. The summed E-state index contributed by atoms with van der Waals surface area (Å²) in [6, 6.07) is 3.36. The van der Waals surface area contributed by atoms with Gasteiger partial charge in [-0.05, 0) is 30.4 Å². The second kappa shape index (κ2) is 8.66. The molecule has 0 radical (unpaired) electrons.